The van der Waals surface area contributed by atoms with Gasteiger partial charge < -0.3 is 0 Å². The highest BCUT2D eigenvalue weighted by molar-refractivity contribution is 9.09. The third-order valence-corrected chi connectivity index (χ3v) is 7.56. The molecule has 2 aromatic carbocycles. The lowest BCUT2D eigenvalue weighted by Gasteiger charge is -2.06. The number of hydrogen-bond donors (Lipinski definition) is 1. The van der Waals surface area contributed by atoms with E-state index < -0.39 is 0 Å². The molecule has 23 heavy (non-hydrogen) atoms. The molecule has 0 atom stereocenters. The Morgan fingerprint density at radius 2 is 1.87 bits per heavy atom. The van der Waals surface area contributed by atoms with Gasteiger partial charge in [0.1, 0.15) is 11.0 Å². The van der Waals surface area contributed by atoms with Crippen LogP contribution in [0.5, 0.6) is 0 Å². The molecule has 3 nitrogen and oxygen atoms in total. The summed E-state index contributed by atoms with van der Waals surface area (Å²) in [6.45, 7) is 0. The fourth-order valence-corrected chi connectivity index (χ4v) is 5.96. The quantitative estimate of drug-likeness (QED) is 0.322. The van der Waals surface area contributed by atoms with Crippen molar-refractivity contribution < 1.29 is 4.63 Å². The van der Waals surface area contributed by atoms with Gasteiger partial charge in [0.2, 0.25) is 0 Å². The number of rotatable bonds is 7. The van der Waals surface area contributed by atoms with Crippen LogP contribution in [-0.4, -0.2) is 16.1 Å². The van der Waals surface area contributed by atoms with Crippen molar-refractivity contribution in [2.45, 2.75) is 5.75 Å². The molecule has 0 radical (unpaired) electrons. The maximum Gasteiger partial charge on any atom is 0.135 e. The van der Waals surface area contributed by atoms with Gasteiger partial charge in [-0.1, -0.05) is 58.0 Å². The van der Waals surface area contributed by atoms with Crippen LogP contribution in [0.2, 0.25) is 0 Å². The van der Waals surface area contributed by atoms with Gasteiger partial charge >= 0.3 is 0 Å². The molecule has 7 heteroatoms. The smallest absolute Gasteiger partial charge is 0.135 e. The van der Waals surface area contributed by atoms with E-state index in [9.17, 15) is 0 Å². The first-order valence-electron chi connectivity index (χ1n) is 6.88. The molecular formula is C16H14N2OS4. The third-order valence-electron chi connectivity index (χ3n) is 3.15. The first-order chi connectivity index (χ1) is 11.4. The van der Waals surface area contributed by atoms with E-state index >= 15 is 0 Å². The maximum atomic E-state index is 4.71. The predicted molar refractivity (Wildman–Crippen MR) is 107 cm³/mol. The van der Waals surface area contributed by atoms with E-state index in [2.05, 4.69) is 41.1 Å². The highest BCUT2D eigenvalue weighted by Crippen LogP contribution is 2.39. The maximum absolute atomic E-state index is 4.71. The van der Waals surface area contributed by atoms with Crippen molar-refractivity contribution in [2.24, 2.45) is 0 Å². The second-order valence-corrected chi connectivity index (χ2v) is 9.19. The van der Waals surface area contributed by atoms with Crippen molar-refractivity contribution in [3.05, 3.63) is 65.1 Å². The Hall–Kier alpha value is -1.02. The van der Waals surface area contributed by atoms with Crippen LogP contribution in [0.4, 0.5) is 0 Å². The van der Waals surface area contributed by atoms with Crippen molar-refractivity contribution in [1.82, 2.24) is 10.3 Å². The van der Waals surface area contributed by atoms with E-state index in [1.807, 2.05) is 57.3 Å². The van der Waals surface area contributed by atoms with Gasteiger partial charge in [-0.05, 0) is 54.4 Å². The minimum atomic E-state index is 0.798. The van der Waals surface area contributed by atoms with Crippen LogP contribution < -0.4 is 0 Å². The minimum absolute atomic E-state index is 0.798. The van der Waals surface area contributed by atoms with Gasteiger partial charge in [-0.2, -0.15) is 12.6 Å². The Kier molecular flexibility index (Phi) is 6.38. The molecule has 0 spiro atoms. The summed E-state index contributed by atoms with van der Waals surface area (Å²) in [5.74, 6) is 1.85. The average molecular weight is 379 g/mol. The number of fused-ring (bicyclic) bond motifs is 1. The molecule has 3 rings (SSSR count). The third kappa shape index (κ3) is 4.73. The average Bonchev–Trinajstić information content (AvgIpc) is 3.06. The number of benzene rings is 2. The zero-order valence-corrected chi connectivity index (χ0v) is 15.4. The zero-order valence-electron chi connectivity index (χ0n) is 12.1. The SMILES string of the molecule is S/C=C(/CSSSCc1ccc2nonc2c1)c1ccccc1. The monoisotopic (exact) mass is 378 g/mol. The largest absolute Gasteiger partial charge is 0.243 e. The molecule has 0 saturated carbocycles. The van der Waals surface area contributed by atoms with Crippen LogP contribution >= 0.6 is 44.0 Å². The Labute approximate surface area is 151 Å². The van der Waals surface area contributed by atoms with Crippen LogP contribution in [0.3, 0.4) is 0 Å². The molecule has 0 aliphatic rings. The number of aromatic nitrogens is 2. The minimum Gasteiger partial charge on any atom is -0.243 e. The van der Waals surface area contributed by atoms with E-state index in [4.69, 9.17) is 4.63 Å². The Bertz CT molecular complexity index is 789. The predicted octanol–water partition coefficient (Wildman–Crippen LogP) is 5.72. The summed E-state index contributed by atoms with van der Waals surface area (Å²) >= 11 is 4.32. The van der Waals surface area contributed by atoms with E-state index in [-0.39, 0.29) is 0 Å². The summed E-state index contributed by atoms with van der Waals surface area (Å²) in [5, 5.41) is 9.57. The fraction of sp³-hybridized carbons (Fsp3) is 0.125. The van der Waals surface area contributed by atoms with Crippen molar-refractivity contribution in [1.29, 1.82) is 0 Å². The molecule has 3 aromatic rings. The van der Waals surface area contributed by atoms with Crippen molar-refractivity contribution >= 4 is 60.6 Å². The van der Waals surface area contributed by atoms with Gasteiger partial charge in [0.05, 0.1) is 0 Å². The zero-order chi connectivity index (χ0) is 15.9. The Morgan fingerprint density at radius 1 is 1.04 bits per heavy atom. The van der Waals surface area contributed by atoms with Gasteiger partial charge in [0, 0.05) is 11.5 Å². The highest BCUT2D eigenvalue weighted by atomic mass is 33.5. The number of nitrogens with zero attached hydrogens (tertiary/aromatic N) is 2. The van der Waals surface area contributed by atoms with E-state index in [1.54, 1.807) is 9.83 Å². The number of thiol groups is 1. The number of hydrogen-bond acceptors (Lipinski definition) is 7. The summed E-state index contributed by atoms with van der Waals surface area (Å²) in [7, 11) is 5.43. The molecule has 0 aliphatic heterocycles. The van der Waals surface area contributed by atoms with E-state index in [1.165, 1.54) is 16.7 Å². The van der Waals surface area contributed by atoms with Crippen LogP contribution in [0.1, 0.15) is 11.1 Å². The van der Waals surface area contributed by atoms with Gasteiger partial charge in [-0.25, -0.2) is 4.63 Å². The second-order valence-electron chi connectivity index (χ2n) is 4.70. The van der Waals surface area contributed by atoms with Gasteiger partial charge in [-0.15, -0.1) is 0 Å². The first-order valence-corrected chi connectivity index (χ1v) is 11.2. The van der Waals surface area contributed by atoms with Crippen molar-refractivity contribution in [2.75, 3.05) is 5.75 Å². The fourth-order valence-electron chi connectivity index (χ4n) is 1.98. The molecule has 1 heterocycles. The topological polar surface area (TPSA) is 38.9 Å². The van der Waals surface area contributed by atoms with Crippen molar-refractivity contribution in [3.63, 3.8) is 0 Å². The lowest BCUT2D eigenvalue weighted by atomic mass is 10.1. The van der Waals surface area contributed by atoms with Crippen LogP contribution in [-0.2, 0) is 5.75 Å². The summed E-state index contributed by atoms with van der Waals surface area (Å²) in [4.78, 5) is 0. The van der Waals surface area contributed by atoms with E-state index in [0.717, 1.165) is 22.5 Å². The molecular weight excluding hydrogens is 364 g/mol. The lowest BCUT2D eigenvalue weighted by molar-refractivity contribution is 0.315. The van der Waals surface area contributed by atoms with Crippen LogP contribution in [0, 0.1) is 0 Å². The second kappa shape index (κ2) is 8.73. The normalized spacial score (nSPS) is 12.0. The summed E-state index contributed by atoms with van der Waals surface area (Å²) in [5.41, 5.74) is 5.29. The molecule has 0 bridgehead atoms. The first kappa shape index (κ1) is 16.8. The molecule has 0 amide bonds. The van der Waals surface area contributed by atoms with Gasteiger partial charge in [0.25, 0.3) is 0 Å². The van der Waals surface area contributed by atoms with Crippen LogP contribution in [0.25, 0.3) is 16.6 Å². The lowest BCUT2D eigenvalue weighted by Crippen LogP contribution is -1.85. The van der Waals surface area contributed by atoms with Gasteiger partial charge in [-0.3, -0.25) is 0 Å². The molecule has 0 unspecified atom stereocenters. The molecule has 0 aliphatic carbocycles. The van der Waals surface area contributed by atoms with Gasteiger partial charge in [0.15, 0.2) is 0 Å². The summed E-state index contributed by atoms with van der Waals surface area (Å²) < 4.78 is 4.71. The van der Waals surface area contributed by atoms with Crippen molar-refractivity contribution in [3.8, 4) is 0 Å². The van der Waals surface area contributed by atoms with Crippen LogP contribution in [0.15, 0.2) is 58.6 Å². The molecule has 118 valence electrons. The molecule has 1 aromatic heterocycles. The Balaban J connectivity index is 1.44. The highest BCUT2D eigenvalue weighted by Gasteiger charge is 2.04. The molecule has 0 saturated heterocycles. The molecule has 0 N–H and O–H groups in total. The summed E-state index contributed by atoms with van der Waals surface area (Å²) in [6, 6.07) is 16.4. The summed E-state index contributed by atoms with van der Waals surface area (Å²) in [6.07, 6.45) is 0. The standard InChI is InChI=1S/C16H14N2OS4/c20-9-14(13-4-2-1-3-5-13)11-22-23-21-10-12-6-7-15-16(8-12)18-19-17-15/h1-9,20H,10-11H2/b14-9-. The molecule has 0 fully saturated rings. The van der Waals surface area contributed by atoms with E-state index in [0.29, 0.717) is 0 Å². The Morgan fingerprint density at radius 3 is 2.70 bits per heavy atom.